The zero-order chi connectivity index (χ0) is 13.4. The summed E-state index contributed by atoms with van der Waals surface area (Å²) >= 11 is 0. The molecule has 4 heteroatoms. The van der Waals surface area contributed by atoms with Gasteiger partial charge in [0, 0.05) is 30.9 Å². The largest absolute Gasteiger partial charge is 0.387 e. The van der Waals surface area contributed by atoms with Crippen LogP contribution in [0.2, 0.25) is 0 Å². The average Bonchev–Trinajstić information content (AvgIpc) is 2.33. The number of rotatable bonds is 2. The Morgan fingerprint density at radius 1 is 1.53 bits per heavy atom. The van der Waals surface area contributed by atoms with Crippen LogP contribution in [0.4, 0.5) is 0 Å². The summed E-state index contributed by atoms with van der Waals surface area (Å²) in [6.45, 7) is 14.0. The molecule has 0 spiro atoms. The number of aliphatic hydroxyl groups is 1. The van der Waals surface area contributed by atoms with Gasteiger partial charge in [-0.15, -0.1) is 0 Å². The van der Waals surface area contributed by atoms with Gasteiger partial charge < -0.3 is 10.0 Å². The van der Waals surface area contributed by atoms with Gasteiger partial charge >= 0.3 is 0 Å². The fourth-order valence-corrected chi connectivity index (χ4v) is 1.50. The minimum Gasteiger partial charge on any atom is -0.387 e. The molecule has 4 nitrogen and oxygen atoms in total. The van der Waals surface area contributed by atoms with Gasteiger partial charge in [0.2, 0.25) is 5.91 Å². The third kappa shape index (κ3) is 4.95. The maximum Gasteiger partial charge on any atom is 0.248 e. The number of likely N-dealkylation sites (tertiary alicyclic amines) is 1. The molecule has 0 saturated carbocycles. The lowest BCUT2D eigenvalue weighted by atomic mass is 10.0. The number of hydrogen-bond acceptors (Lipinski definition) is 3. The van der Waals surface area contributed by atoms with Crippen LogP contribution in [-0.4, -0.2) is 41.3 Å². The number of carbonyl (C=O) groups is 1. The van der Waals surface area contributed by atoms with E-state index in [0.717, 1.165) is 17.0 Å². The summed E-state index contributed by atoms with van der Waals surface area (Å²) in [6, 6.07) is 0. The van der Waals surface area contributed by atoms with Crippen molar-refractivity contribution in [3.05, 3.63) is 24.4 Å². The van der Waals surface area contributed by atoms with E-state index in [2.05, 4.69) is 18.2 Å². The SMILES string of the molecule is C=C(C)N=C1CCN(C(=O)CO)CC1=C.CC. The van der Waals surface area contributed by atoms with Gasteiger partial charge in [-0.05, 0) is 12.5 Å². The van der Waals surface area contributed by atoms with E-state index in [4.69, 9.17) is 5.11 Å². The summed E-state index contributed by atoms with van der Waals surface area (Å²) in [5.41, 5.74) is 2.48. The number of allylic oxidation sites excluding steroid dienone is 1. The van der Waals surface area contributed by atoms with E-state index < -0.39 is 6.61 Å². The second-order valence-electron chi connectivity index (χ2n) is 3.62. The van der Waals surface area contributed by atoms with Crippen LogP contribution in [0, 0.1) is 0 Å². The van der Waals surface area contributed by atoms with Crippen molar-refractivity contribution >= 4 is 11.6 Å². The Balaban J connectivity index is 0.00000121. The molecular weight excluding hydrogens is 216 g/mol. The summed E-state index contributed by atoms with van der Waals surface area (Å²) < 4.78 is 0. The van der Waals surface area contributed by atoms with Gasteiger partial charge in [0.1, 0.15) is 6.61 Å². The van der Waals surface area contributed by atoms with Crippen molar-refractivity contribution in [1.82, 2.24) is 4.90 Å². The minimum atomic E-state index is -0.444. The molecule has 0 radical (unpaired) electrons. The molecule has 1 saturated heterocycles. The number of nitrogens with zero attached hydrogens (tertiary/aromatic N) is 2. The van der Waals surface area contributed by atoms with Crippen LogP contribution < -0.4 is 0 Å². The summed E-state index contributed by atoms with van der Waals surface area (Å²) in [5.74, 6) is -0.259. The molecular formula is C13H22N2O2. The summed E-state index contributed by atoms with van der Waals surface area (Å²) in [4.78, 5) is 17.1. The van der Waals surface area contributed by atoms with Gasteiger partial charge in [-0.2, -0.15) is 0 Å². The third-order valence-corrected chi connectivity index (χ3v) is 2.22. The fourth-order valence-electron chi connectivity index (χ4n) is 1.50. The first-order valence-electron chi connectivity index (χ1n) is 5.84. The first-order chi connectivity index (χ1) is 8.04. The molecule has 1 amide bonds. The van der Waals surface area contributed by atoms with Crippen molar-refractivity contribution in [2.24, 2.45) is 4.99 Å². The number of aliphatic imine (C=N–C) groups is 1. The lowest BCUT2D eigenvalue weighted by Gasteiger charge is -2.28. The zero-order valence-electron chi connectivity index (χ0n) is 11.0. The van der Waals surface area contributed by atoms with Crippen LogP contribution in [0.5, 0.6) is 0 Å². The van der Waals surface area contributed by atoms with Crippen LogP contribution >= 0.6 is 0 Å². The van der Waals surface area contributed by atoms with Crippen LogP contribution in [0.15, 0.2) is 29.4 Å². The zero-order valence-corrected chi connectivity index (χ0v) is 11.0. The van der Waals surface area contributed by atoms with E-state index in [9.17, 15) is 4.79 Å². The molecule has 1 aliphatic heterocycles. The molecule has 0 aromatic heterocycles. The molecule has 0 bridgehead atoms. The van der Waals surface area contributed by atoms with E-state index in [1.54, 1.807) is 4.90 Å². The molecule has 1 rings (SSSR count). The lowest BCUT2D eigenvalue weighted by molar-refractivity contribution is -0.133. The predicted molar refractivity (Wildman–Crippen MR) is 71.0 cm³/mol. The normalized spacial score (nSPS) is 17.5. The van der Waals surface area contributed by atoms with Gasteiger partial charge in [-0.25, -0.2) is 0 Å². The van der Waals surface area contributed by atoms with E-state index in [-0.39, 0.29) is 5.91 Å². The van der Waals surface area contributed by atoms with Crippen LogP contribution in [0.25, 0.3) is 0 Å². The standard InChI is InChI=1S/C11H16N2O2.C2H6/c1-8(2)12-10-4-5-13(6-9(10)3)11(15)7-14;1-2/h14H,1,3-7H2,2H3;1-2H3. The molecule has 17 heavy (non-hydrogen) atoms. The van der Waals surface area contributed by atoms with Crippen LogP contribution in [0.3, 0.4) is 0 Å². The highest BCUT2D eigenvalue weighted by Crippen LogP contribution is 2.13. The number of hydrogen-bond donors (Lipinski definition) is 1. The first-order valence-corrected chi connectivity index (χ1v) is 5.84. The molecule has 0 aliphatic carbocycles. The number of aliphatic hydroxyl groups excluding tert-OH is 1. The monoisotopic (exact) mass is 238 g/mol. The summed E-state index contributed by atoms with van der Waals surface area (Å²) in [7, 11) is 0. The van der Waals surface area contributed by atoms with Crippen molar-refractivity contribution in [2.75, 3.05) is 19.7 Å². The minimum absolute atomic E-state index is 0.259. The van der Waals surface area contributed by atoms with E-state index in [1.807, 2.05) is 20.8 Å². The van der Waals surface area contributed by atoms with Gasteiger partial charge in [0.15, 0.2) is 0 Å². The quantitative estimate of drug-likeness (QED) is 0.797. The Morgan fingerprint density at radius 2 is 2.12 bits per heavy atom. The second kappa shape index (κ2) is 7.79. The Kier molecular flexibility index (Phi) is 7.14. The Bertz CT molecular complexity index is 332. The maximum atomic E-state index is 11.2. The molecule has 0 aromatic carbocycles. The van der Waals surface area contributed by atoms with Crippen LogP contribution in [0.1, 0.15) is 27.2 Å². The molecule has 0 unspecified atom stereocenters. The Hall–Kier alpha value is -1.42. The molecule has 0 atom stereocenters. The highest BCUT2D eigenvalue weighted by molar-refractivity contribution is 6.02. The smallest absolute Gasteiger partial charge is 0.248 e. The van der Waals surface area contributed by atoms with Crippen molar-refractivity contribution in [1.29, 1.82) is 0 Å². The number of amides is 1. The molecule has 96 valence electrons. The van der Waals surface area contributed by atoms with Crippen molar-refractivity contribution in [2.45, 2.75) is 27.2 Å². The van der Waals surface area contributed by atoms with Gasteiger partial charge in [0.25, 0.3) is 0 Å². The Morgan fingerprint density at radius 3 is 2.53 bits per heavy atom. The molecule has 1 heterocycles. The molecule has 1 fully saturated rings. The van der Waals surface area contributed by atoms with Gasteiger partial charge in [-0.1, -0.05) is 27.0 Å². The molecule has 1 aliphatic rings. The summed E-state index contributed by atoms with van der Waals surface area (Å²) in [6.07, 6.45) is 0.678. The maximum absolute atomic E-state index is 11.2. The van der Waals surface area contributed by atoms with Gasteiger partial charge in [0.05, 0.1) is 0 Å². The van der Waals surface area contributed by atoms with E-state index >= 15 is 0 Å². The van der Waals surface area contributed by atoms with Crippen LogP contribution in [-0.2, 0) is 4.79 Å². The number of carbonyl (C=O) groups excluding carboxylic acids is 1. The second-order valence-corrected chi connectivity index (χ2v) is 3.62. The number of piperidine rings is 1. The van der Waals surface area contributed by atoms with E-state index in [1.165, 1.54) is 0 Å². The molecule has 0 aromatic rings. The first kappa shape index (κ1) is 15.6. The highest BCUT2D eigenvalue weighted by atomic mass is 16.3. The van der Waals surface area contributed by atoms with Crippen molar-refractivity contribution < 1.29 is 9.90 Å². The average molecular weight is 238 g/mol. The van der Waals surface area contributed by atoms with E-state index in [0.29, 0.717) is 19.5 Å². The van der Waals surface area contributed by atoms with Gasteiger partial charge in [-0.3, -0.25) is 9.79 Å². The predicted octanol–water partition coefficient (Wildman–Crippen LogP) is 1.77. The summed E-state index contributed by atoms with van der Waals surface area (Å²) in [5, 5.41) is 8.72. The Labute approximate surface area is 103 Å². The third-order valence-electron chi connectivity index (χ3n) is 2.22. The molecule has 1 N–H and O–H groups in total. The van der Waals surface area contributed by atoms with Crippen molar-refractivity contribution in [3.8, 4) is 0 Å². The van der Waals surface area contributed by atoms with Crippen molar-refractivity contribution in [3.63, 3.8) is 0 Å². The topological polar surface area (TPSA) is 52.9 Å². The fraction of sp³-hybridized carbons (Fsp3) is 0.538. The lowest BCUT2D eigenvalue weighted by Crippen LogP contribution is -2.41. The highest BCUT2D eigenvalue weighted by Gasteiger charge is 2.21.